The molecule has 1 atom stereocenters. The summed E-state index contributed by atoms with van der Waals surface area (Å²) >= 11 is 6.11. The van der Waals surface area contributed by atoms with E-state index in [2.05, 4.69) is 22.4 Å². The fraction of sp³-hybridized carbons (Fsp3) is 0.500. The third-order valence-corrected chi connectivity index (χ3v) is 3.97. The van der Waals surface area contributed by atoms with Crippen molar-refractivity contribution in [2.45, 2.75) is 38.6 Å². The first kappa shape index (κ1) is 15.3. The number of aromatic nitrogens is 2. The second-order valence-corrected chi connectivity index (χ2v) is 5.88. The topological polar surface area (TPSA) is 60.2 Å². The van der Waals surface area contributed by atoms with Gasteiger partial charge in [0, 0.05) is 5.02 Å². The third kappa shape index (κ3) is 3.42. The van der Waals surface area contributed by atoms with Gasteiger partial charge in [0.1, 0.15) is 5.75 Å². The predicted molar refractivity (Wildman–Crippen MR) is 85.1 cm³/mol. The van der Waals surface area contributed by atoms with Crippen molar-refractivity contribution in [2.75, 3.05) is 13.2 Å². The van der Waals surface area contributed by atoms with Gasteiger partial charge < -0.3 is 14.6 Å². The normalized spacial score (nSPS) is 17.8. The minimum absolute atomic E-state index is 0.157. The van der Waals surface area contributed by atoms with Gasteiger partial charge in [-0.15, -0.1) is 0 Å². The van der Waals surface area contributed by atoms with Gasteiger partial charge in [-0.3, -0.25) is 0 Å². The first-order valence-corrected chi connectivity index (χ1v) is 8.15. The molecule has 0 aliphatic carbocycles. The Balaban J connectivity index is 1.84. The van der Waals surface area contributed by atoms with Gasteiger partial charge in [-0.05, 0) is 44.0 Å². The summed E-state index contributed by atoms with van der Waals surface area (Å²) in [4.78, 5) is 4.51. The number of hydrogen-bond donors (Lipinski definition) is 1. The van der Waals surface area contributed by atoms with Crippen LogP contribution in [0.25, 0.3) is 11.4 Å². The van der Waals surface area contributed by atoms with Gasteiger partial charge in [0.2, 0.25) is 11.7 Å². The molecule has 1 aliphatic rings. The van der Waals surface area contributed by atoms with Crippen LogP contribution in [-0.2, 0) is 0 Å². The molecule has 2 heterocycles. The van der Waals surface area contributed by atoms with E-state index in [-0.39, 0.29) is 6.04 Å². The molecule has 0 amide bonds. The number of unbranched alkanes of at least 4 members (excludes halogenated alkanes) is 1. The van der Waals surface area contributed by atoms with Gasteiger partial charge in [0.25, 0.3) is 0 Å². The molecule has 2 aromatic rings. The highest BCUT2D eigenvalue weighted by atomic mass is 35.5. The van der Waals surface area contributed by atoms with E-state index in [0.717, 1.165) is 43.5 Å². The van der Waals surface area contributed by atoms with E-state index in [1.807, 2.05) is 18.2 Å². The Bertz CT molecular complexity index is 624. The average Bonchev–Trinajstić information content (AvgIpc) is 3.20. The molecule has 3 rings (SSSR count). The van der Waals surface area contributed by atoms with Gasteiger partial charge in [0.05, 0.1) is 18.2 Å². The minimum Gasteiger partial charge on any atom is -0.493 e. The number of halogens is 1. The molecule has 1 aromatic carbocycles. The Labute approximate surface area is 135 Å². The lowest BCUT2D eigenvalue weighted by molar-refractivity contribution is 0.310. The second-order valence-electron chi connectivity index (χ2n) is 5.45. The van der Waals surface area contributed by atoms with Crippen LogP contribution in [0.5, 0.6) is 5.75 Å². The highest BCUT2D eigenvalue weighted by molar-refractivity contribution is 6.30. The zero-order valence-corrected chi connectivity index (χ0v) is 13.4. The molecule has 1 N–H and O–H groups in total. The SMILES string of the molecule is CCCCOc1ccc(Cl)cc1-c1noc([C@@H]2CCCN2)n1. The van der Waals surface area contributed by atoms with Crippen molar-refractivity contribution >= 4 is 11.6 Å². The molecule has 1 aromatic heterocycles. The first-order chi connectivity index (χ1) is 10.8. The van der Waals surface area contributed by atoms with Crippen molar-refractivity contribution in [3.05, 3.63) is 29.1 Å². The van der Waals surface area contributed by atoms with E-state index in [1.165, 1.54) is 0 Å². The second kappa shape index (κ2) is 7.11. The van der Waals surface area contributed by atoms with Crippen LogP contribution in [0.3, 0.4) is 0 Å². The fourth-order valence-electron chi connectivity index (χ4n) is 2.51. The maximum absolute atomic E-state index is 6.11. The highest BCUT2D eigenvalue weighted by Gasteiger charge is 2.23. The molecule has 1 fully saturated rings. The summed E-state index contributed by atoms with van der Waals surface area (Å²) in [5, 5.41) is 8.08. The number of nitrogens with one attached hydrogen (secondary N) is 1. The molecule has 22 heavy (non-hydrogen) atoms. The molecule has 0 radical (unpaired) electrons. The fourth-order valence-corrected chi connectivity index (χ4v) is 2.68. The van der Waals surface area contributed by atoms with Crippen molar-refractivity contribution < 1.29 is 9.26 Å². The van der Waals surface area contributed by atoms with E-state index in [0.29, 0.717) is 23.3 Å². The minimum atomic E-state index is 0.157. The van der Waals surface area contributed by atoms with Crippen LogP contribution < -0.4 is 10.1 Å². The summed E-state index contributed by atoms with van der Waals surface area (Å²) in [6.45, 7) is 3.79. The van der Waals surface area contributed by atoms with Gasteiger partial charge in [-0.1, -0.05) is 30.1 Å². The molecule has 0 unspecified atom stereocenters. The Morgan fingerprint density at radius 2 is 2.36 bits per heavy atom. The molecule has 0 saturated carbocycles. The highest BCUT2D eigenvalue weighted by Crippen LogP contribution is 2.32. The number of nitrogens with zero attached hydrogens (tertiary/aromatic N) is 2. The summed E-state index contributed by atoms with van der Waals surface area (Å²) in [5.41, 5.74) is 0.775. The van der Waals surface area contributed by atoms with E-state index >= 15 is 0 Å². The van der Waals surface area contributed by atoms with Crippen LogP contribution in [0.15, 0.2) is 22.7 Å². The molecule has 0 spiro atoms. The smallest absolute Gasteiger partial charge is 0.244 e. The molecule has 5 nitrogen and oxygen atoms in total. The lowest BCUT2D eigenvalue weighted by atomic mass is 10.2. The largest absolute Gasteiger partial charge is 0.493 e. The zero-order chi connectivity index (χ0) is 15.4. The molecule has 118 valence electrons. The first-order valence-electron chi connectivity index (χ1n) is 7.77. The zero-order valence-electron chi connectivity index (χ0n) is 12.6. The third-order valence-electron chi connectivity index (χ3n) is 3.74. The Morgan fingerprint density at radius 3 is 3.14 bits per heavy atom. The van der Waals surface area contributed by atoms with E-state index in [4.69, 9.17) is 20.9 Å². The Morgan fingerprint density at radius 1 is 1.45 bits per heavy atom. The van der Waals surface area contributed by atoms with Crippen LogP contribution >= 0.6 is 11.6 Å². The van der Waals surface area contributed by atoms with Crippen molar-refractivity contribution in [3.63, 3.8) is 0 Å². The molecular weight excluding hydrogens is 302 g/mol. The Hall–Kier alpha value is -1.59. The summed E-state index contributed by atoms with van der Waals surface area (Å²) in [5.74, 6) is 1.90. The number of hydrogen-bond acceptors (Lipinski definition) is 5. The molecular formula is C16H20ClN3O2. The van der Waals surface area contributed by atoms with Crippen molar-refractivity contribution in [1.29, 1.82) is 0 Å². The number of rotatable bonds is 6. The average molecular weight is 322 g/mol. The van der Waals surface area contributed by atoms with Gasteiger partial charge in [-0.2, -0.15) is 4.98 Å². The summed E-state index contributed by atoms with van der Waals surface area (Å²) in [6, 6.07) is 5.65. The predicted octanol–water partition coefficient (Wildman–Crippen LogP) is 3.99. The summed E-state index contributed by atoms with van der Waals surface area (Å²) in [6.07, 6.45) is 4.25. The van der Waals surface area contributed by atoms with Crippen LogP contribution in [0.2, 0.25) is 5.02 Å². The Kier molecular flexibility index (Phi) is 4.95. The molecule has 1 aliphatic heterocycles. The van der Waals surface area contributed by atoms with E-state index in [9.17, 15) is 0 Å². The van der Waals surface area contributed by atoms with Crippen molar-refractivity contribution in [3.8, 4) is 17.1 Å². The summed E-state index contributed by atoms with van der Waals surface area (Å²) in [7, 11) is 0. The number of benzene rings is 1. The quantitative estimate of drug-likeness (QED) is 0.815. The van der Waals surface area contributed by atoms with Gasteiger partial charge in [0.15, 0.2) is 0 Å². The molecule has 1 saturated heterocycles. The monoisotopic (exact) mass is 321 g/mol. The molecule has 6 heteroatoms. The lowest BCUT2D eigenvalue weighted by Crippen LogP contribution is -2.12. The van der Waals surface area contributed by atoms with E-state index < -0.39 is 0 Å². The van der Waals surface area contributed by atoms with Gasteiger partial charge in [-0.25, -0.2) is 0 Å². The summed E-state index contributed by atoms with van der Waals surface area (Å²) < 4.78 is 11.2. The standard InChI is InChI=1S/C16H20ClN3O2/c1-2-3-9-21-14-7-6-11(17)10-12(14)15-19-16(22-20-15)13-5-4-8-18-13/h6-7,10,13,18H,2-5,8-9H2,1H3/t13-/m0/s1. The lowest BCUT2D eigenvalue weighted by Gasteiger charge is -2.09. The van der Waals surface area contributed by atoms with Crippen LogP contribution in [-0.4, -0.2) is 23.3 Å². The van der Waals surface area contributed by atoms with Crippen LogP contribution in [0.4, 0.5) is 0 Å². The van der Waals surface area contributed by atoms with Gasteiger partial charge >= 0.3 is 0 Å². The van der Waals surface area contributed by atoms with E-state index in [1.54, 1.807) is 0 Å². The maximum Gasteiger partial charge on any atom is 0.244 e. The maximum atomic E-state index is 6.11. The number of ether oxygens (including phenoxy) is 1. The van der Waals surface area contributed by atoms with Crippen LogP contribution in [0.1, 0.15) is 44.5 Å². The molecule has 0 bridgehead atoms. The van der Waals surface area contributed by atoms with Crippen molar-refractivity contribution in [2.24, 2.45) is 0 Å². The van der Waals surface area contributed by atoms with Crippen LogP contribution in [0, 0.1) is 0 Å². The van der Waals surface area contributed by atoms with Crippen molar-refractivity contribution in [1.82, 2.24) is 15.5 Å².